The molecule has 2 aromatic carbocycles. The smallest absolute Gasteiger partial charge is 0.319 e. The summed E-state index contributed by atoms with van der Waals surface area (Å²) in [6, 6.07) is 13.8. The summed E-state index contributed by atoms with van der Waals surface area (Å²) in [6.45, 7) is -0.0523. The van der Waals surface area contributed by atoms with Gasteiger partial charge in [0.05, 0.1) is 11.1 Å². The molecule has 2 aromatic rings. The minimum absolute atomic E-state index is 0.0246. The number of hydrogen-bond donors (Lipinski definition) is 1. The van der Waals surface area contributed by atoms with Gasteiger partial charge in [-0.2, -0.15) is 0 Å². The van der Waals surface area contributed by atoms with Crippen LogP contribution in [0, 0.1) is 0 Å². The number of rotatable bonds is 3. The van der Waals surface area contributed by atoms with Crippen LogP contribution >= 0.6 is 0 Å². The van der Waals surface area contributed by atoms with Crippen molar-refractivity contribution in [3.8, 4) is 0 Å². The number of aryl methyl sites for hydroxylation is 1. The zero-order valence-electron chi connectivity index (χ0n) is 15.7. The highest BCUT2D eigenvalue weighted by Crippen LogP contribution is 2.39. The first kappa shape index (κ1) is 17.6. The Morgan fingerprint density at radius 1 is 0.828 bits per heavy atom. The zero-order chi connectivity index (χ0) is 20.2. The van der Waals surface area contributed by atoms with E-state index in [4.69, 9.17) is 0 Å². The fourth-order valence-corrected chi connectivity index (χ4v) is 4.66. The maximum atomic E-state index is 13.3. The van der Waals surface area contributed by atoms with Crippen molar-refractivity contribution in [3.63, 3.8) is 0 Å². The Hall–Kier alpha value is -3.48. The number of amides is 5. The first-order chi connectivity index (χ1) is 14.0. The van der Waals surface area contributed by atoms with E-state index in [0.717, 1.165) is 33.8 Å². The molecule has 1 spiro atoms. The molecule has 29 heavy (non-hydrogen) atoms. The number of hydrogen-bond acceptors (Lipinski definition) is 4. The molecule has 1 aliphatic carbocycles. The van der Waals surface area contributed by atoms with Crippen LogP contribution in [-0.2, 0) is 16.8 Å². The van der Waals surface area contributed by atoms with Gasteiger partial charge in [-0.25, -0.2) is 4.79 Å². The molecule has 5 amide bonds. The first-order valence-corrected chi connectivity index (χ1v) is 9.71. The van der Waals surface area contributed by atoms with Crippen LogP contribution in [0.5, 0.6) is 0 Å². The van der Waals surface area contributed by atoms with Gasteiger partial charge in [0.25, 0.3) is 17.7 Å². The first-order valence-electron chi connectivity index (χ1n) is 9.71. The maximum absolute atomic E-state index is 13.3. The maximum Gasteiger partial charge on any atom is 0.325 e. The molecule has 0 saturated carbocycles. The summed E-state index contributed by atoms with van der Waals surface area (Å²) in [4.78, 5) is 53.3. The van der Waals surface area contributed by atoms with E-state index in [1.165, 1.54) is 0 Å². The molecule has 1 fully saturated rings. The Bertz CT molecular complexity index is 1040. The molecule has 1 saturated heterocycles. The molecule has 7 nitrogen and oxygen atoms in total. The number of urea groups is 1. The standard InChI is InChI=1S/C22H19N3O4/c26-18-15-8-2-3-9-16(15)19(27)24(18)12-13-25-20(28)22(23-21(25)29)11-5-7-14-6-1-4-10-17(14)22/h1-4,6,8-10H,5,7,11-13H2,(H,23,29)/t22-/m1/s1. The molecule has 0 aromatic heterocycles. The monoisotopic (exact) mass is 389 g/mol. The van der Waals surface area contributed by atoms with E-state index in [1.54, 1.807) is 24.3 Å². The number of imide groups is 2. The predicted molar refractivity (Wildman–Crippen MR) is 103 cm³/mol. The Morgan fingerprint density at radius 2 is 1.45 bits per heavy atom. The van der Waals surface area contributed by atoms with E-state index in [2.05, 4.69) is 5.32 Å². The van der Waals surface area contributed by atoms with Gasteiger partial charge in [0, 0.05) is 13.1 Å². The molecule has 0 radical (unpaired) electrons. The lowest BCUT2D eigenvalue weighted by Crippen LogP contribution is -2.47. The number of benzene rings is 2. The minimum atomic E-state index is -1.05. The van der Waals surface area contributed by atoms with E-state index in [1.807, 2.05) is 24.3 Å². The largest absolute Gasteiger partial charge is 0.325 e. The van der Waals surface area contributed by atoms with Gasteiger partial charge in [-0.3, -0.25) is 24.2 Å². The van der Waals surface area contributed by atoms with E-state index in [9.17, 15) is 19.2 Å². The SMILES string of the molecule is O=C1N[C@@]2(CCCc3ccccc32)C(=O)N1CCN1C(=O)c2ccccc2C1=O. The van der Waals surface area contributed by atoms with Gasteiger partial charge in [0.2, 0.25) is 0 Å². The molecular weight excluding hydrogens is 370 g/mol. The summed E-state index contributed by atoms with van der Waals surface area (Å²) in [5, 5.41) is 2.89. The molecule has 2 aliphatic heterocycles. The Labute approximate surface area is 167 Å². The van der Waals surface area contributed by atoms with Crippen LogP contribution in [0.4, 0.5) is 4.79 Å². The molecule has 146 valence electrons. The van der Waals surface area contributed by atoms with E-state index in [0.29, 0.717) is 17.5 Å². The van der Waals surface area contributed by atoms with Gasteiger partial charge < -0.3 is 5.32 Å². The molecule has 1 N–H and O–H groups in total. The van der Waals surface area contributed by atoms with E-state index >= 15 is 0 Å². The highest BCUT2D eigenvalue weighted by Gasteiger charge is 2.54. The summed E-state index contributed by atoms with van der Waals surface area (Å²) in [5.74, 6) is -1.10. The van der Waals surface area contributed by atoms with Crippen molar-refractivity contribution in [2.24, 2.45) is 0 Å². The fraction of sp³-hybridized carbons (Fsp3) is 0.273. The molecule has 2 heterocycles. The highest BCUT2D eigenvalue weighted by atomic mass is 16.2. The third-order valence-electron chi connectivity index (χ3n) is 6.08. The third-order valence-corrected chi connectivity index (χ3v) is 6.08. The van der Waals surface area contributed by atoms with E-state index in [-0.39, 0.29) is 19.0 Å². The molecule has 7 heteroatoms. The summed E-state index contributed by atoms with van der Waals surface area (Å²) in [5.41, 5.74) is 1.57. The van der Waals surface area contributed by atoms with Crippen LogP contribution in [0.2, 0.25) is 0 Å². The second-order valence-electron chi connectivity index (χ2n) is 7.61. The van der Waals surface area contributed by atoms with Crippen molar-refractivity contribution in [2.45, 2.75) is 24.8 Å². The summed E-state index contributed by atoms with van der Waals surface area (Å²) >= 11 is 0. The van der Waals surface area contributed by atoms with Crippen molar-refractivity contribution in [1.29, 1.82) is 0 Å². The molecule has 5 rings (SSSR count). The Kier molecular flexibility index (Phi) is 3.81. The summed E-state index contributed by atoms with van der Waals surface area (Å²) in [7, 11) is 0. The molecule has 0 bridgehead atoms. The van der Waals surface area contributed by atoms with Crippen molar-refractivity contribution in [3.05, 3.63) is 70.8 Å². The van der Waals surface area contributed by atoms with Gasteiger partial charge in [-0.1, -0.05) is 36.4 Å². The molecule has 3 aliphatic rings. The topological polar surface area (TPSA) is 86.8 Å². The average Bonchev–Trinajstić information content (AvgIpc) is 3.12. The van der Waals surface area contributed by atoms with Crippen LogP contribution in [0.3, 0.4) is 0 Å². The van der Waals surface area contributed by atoms with Crippen LogP contribution in [0.15, 0.2) is 48.5 Å². The quantitative estimate of drug-likeness (QED) is 0.643. The second kappa shape index (κ2) is 6.27. The molecular formula is C22H19N3O4. The lowest BCUT2D eigenvalue weighted by atomic mass is 9.76. The van der Waals surface area contributed by atoms with Crippen LogP contribution in [0.25, 0.3) is 0 Å². The Balaban J connectivity index is 1.38. The normalized spacial score (nSPS) is 22.9. The van der Waals surface area contributed by atoms with Gasteiger partial charge >= 0.3 is 6.03 Å². The van der Waals surface area contributed by atoms with Crippen LogP contribution in [-0.4, -0.2) is 46.6 Å². The number of fused-ring (bicyclic) bond motifs is 3. The summed E-state index contributed by atoms with van der Waals surface area (Å²) < 4.78 is 0. The van der Waals surface area contributed by atoms with E-state index < -0.39 is 23.4 Å². The fourth-order valence-electron chi connectivity index (χ4n) is 4.66. The van der Waals surface area contributed by atoms with Crippen molar-refractivity contribution in [1.82, 2.24) is 15.1 Å². The van der Waals surface area contributed by atoms with Crippen molar-refractivity contribution >= 4 is 23.8 Å². The zero-order valence-corrected chi connectivity index (χ0v) is 15.7. The highest BCUT2D eigenvalue weighted by molar-refractivity contribution is 6.21. The van der Waals surface area contributed by atoms with Crippen LogP contribution in [0.1, 0.15) is 44.7 Å². The predicted octanol–water partition coefficient (Wildman–Crippen LogP) is 2.07. The Morgan fingerprint density at radius 3 is 2.17 bits per heavy atom. The van der Waals surface area contributed by atoms with Crippen molar-refractivity contribution in [2.75, 3.05) is 13.1 Å². The van der Waals surface area contributed by atoms with Gasteiger partial charge in [0.15, 0.2) is 0 Å². The van der Waals surface area contributed by atoms with Crippen LogP contribution < -0.4 is 5.32 Å². The number of carbonyl (C=O) groups is 4. The van der Waals surface area contributed by atoms with Gasteiger partial charge in [-0.05, 0) is 42.5 Å². The average molecular weight is 389 g/mol. The van der Waals surface area contributed by atoms with Gasteiger partial charge in [-0.15, -0.1) is 0 Å². The number of nitrogens with one attached hydrogen (secondary N) is 1. The van der Waals surface area contributed by atoms with Crippen molar-refractivity contribution < 1.29 is 19.2 Å². The lowest BCUT2D eigenvalue weighted by molar-refractivity contribution is -0.132. The summed E-state index contributed by atoms with van der Waals surface area (Å²) in [6.07, 6.45) is 2.21. The van der Waals surface area contributed by atoms with Gasteiger partial charge in [0.1, 0.15) is 5.54 Å². The lowest BCUT2D eigenvalue weighted by Gasteiger charge is -2.33. The molecule has 1 atom stereocenters. The number of nitrogens with zero attached hydrogens (tertiary/aromatic N) is 2. The third kappa shape index (κ3) is 2.43. The minimum Gasteiger partial charge on any atom is -0.319 e. The molecule has 0 unspecified atom stereocenters. The second-order valence-corrected chi connectivity index (χ2v) is 7.61. The number of carbonyl (C=O) groups excluding carboxylic acids is 4.